The van der Waals surface area contributed by atoms with Crippen molar-refractivity contribution in [2.45, 2.75) is 33.2 Å². The number of fused-ring (bicyclic) bond motifs is 1. The predicted octanol–water partition coefficient (Wildman–Crippen LogP) is 4.40. The topological polar surface area (TPSA) is 80.0 Å². The molecule has 0 aliphatic carbocycles. The lowest BCUT2D eigenvalue weighted by atomic mass is 10.0. The highest BCUT2D eigenvalue weighted by atomic mass is 16.5. The van der Waals surface area contributed by atoms with Crippen LogP contribution in [0.1, 0.15) is 33.8 Å². The Morgan fingerprint density at radius 3 is 2.59 bits per heavy atom. The minimum atomic E-state index is -0.564. The Balaban J connectivity index is 1.79. The van der Waals surface area contributed by atoms with Gasteiger partial charge in [-0.05, 0) is 66.8 Å². The average molecular weight is 427 g/mol. The van der Waals surface area contributed by atoms with E-state index < -0.39 is 5.91 Å². The van der Waals surface area contributed by atoms with E-state index in [1.54, 1.807) is 11.6 Å². The summed E-state index contributed by atoms with van der Waals surface area (Å²) in [6, 6.07) is 18.4. The normalized spacial score (nSPS) is 11.3. The molecule has 2 heterocycles. The highest BCUT2D eigenvalue weighted by molar-refractivity contribution is 5.93. The molecule has 0 atom stereocenters. The number of rotatable bonds is 7. The highest BCUT2D eigenvalue weighted by Gasteiger charge is 2.17. The van der Waals surface area contributed by atoms with Gasteiger partial charge in [-0.1, -0.05) is 36.4 Å². The molecule has 4 aromatic rings. The zero-order valence-electron chi connectivity index (χ0n) is 18.2. The van der Waals surface area contributed by atoms with Crippen LogP contribution in [-0.2, 0) is 24.2 Å². The van der Waals surface area contributed by atoms with E-state index in [1.165, 1.54) is 11.6 Å². The van der Waals surface area contributed by atoms with Crippen LogP contribution in [0.5, 0.6) is 0 Å². The summed E-state index contributed by atoms with van der Waals surface area (Å²) in [7, 11) is 0. The quantitative estimate of drug-likeness (QED) is 0.261. The van der Waals surface area contributed by atoms with Gasteiger partial charge in [0.1, 0.15) is 5.82 Å². The van der Waals surface area contributed by atoms with Crippen molar-refractivity contribution in [3.63, 3.8) is 0 Å². The molecule has 162 valence electrons. The number of imidazole rings is 1. The standard InChI is InChI=1S/C26H26N4O2/c1-18-16-21(12-14-24(31)29-32)19(2)25-26(18)30(17-22-10-6-7-15-27-22)23(28-25)13-11-20-8-4-3-5-9-20/h3-10,12,14-16,32H,11,13,17H2,1-2H3,(H,29,31)/b14-12+. The molecule has 0 spiro atoms. The van der Waals surface area contributed by atoms with Gasteiger partial charge in [-0.3, -0.25) is 15.0 Å². The van der Waals surface area contributed by atoms with Crippen LogP contribution in [0.15, 0.2) is 66.9 Å². The molecule has 0 fully saturated rings. The van der Waals surface area contributed by atoms with Crippen molar-refractivity contribution in [1.82, 2.24) is 20.0 Å². The number of hydrogen-bond acceptors (Lipinski definition) is 4. The van der Waals surface area contributed by atoms with Gasteiger partial charge < -0.3 is 4.57 Å². The predicted molar refractivity (Wildman–Crippen MR) is 125 cm³/mol. The number of aromatic nitrogens is 3. The maximum Gasteiger partial charge on any atom is 0.267 e. The Bertz CT molecular complexity index is 1260. The van der Waals surface area contributed by atoms with Crippen molar-refractivity contribution in [2.24, 2.45) is 0 Å². The number of nitrogens with one attached hydrogen (secondary N) is 1. The first-order valence-electron chi connectivity index (χ1n) is 10.6. The first-order chi connectivity index (χ1) is 15.6. The fourth-order valence-electron chi connectivity index (χ4n) is 4.00. The maximum atomic E-state index is 11.5. The van der Waals surface area contributed by atoms with Crippen molar-refractivity contribution in [2.75, 3.05) is 0 Å². The Morgan fingerprint density at radius 1 is 1.09 bits per heavy atom. The van der Waals surface area contributed by atoms with Gasteiger partial charge in [0.2, 0.25) is 0 Å². The van der Waals surface area contributed by atoms with Crippen molar-refractivity contribution in [1.29, 1.82) is 0 Å². The number of benzene rings is 2. The van der Waals surface area contributed by atoms with Gasteiger partial charge >= 0.3 is 0 Å². The second kappa shape index (κ2) is 9.58. The fraction of sp³-hybridized carbons (Fsp3) is 0.192. The van der Waals surface area contributed by atoms with Gasteiger partial charge in [0.15, 0.2) is 0 Å². The Labute approximate surface area is 187 Å². The third kappa shape index (κ3) is 4.60. The smallest absolute Gasteiger partial charge is 0.267 e. The van der Waals surface area contributed by atoms with E-state index in [-0.39, 0.29) is 0 Å². The molecule has 0 bridgehead atoms. The van der Waals surface area contributed by atoms with Crippen LogP contribution < -0.4 is 5.48 Å². The SMILES string of the molecule is Cc1c(/C=C/C(=O)NO)cc(C)c2c1nc(CCc1ccccc1)n2Cc1ccccn1. The lowest BCUT2D eigenvalue weighted by Gasteiger charge is -2.12. The third-order valence-electron chi connectivity index (χ3n) is 5.63. The summed E-state index contributed by atoms with van der Waals surface area (Å²) in [5.41, 5.74) is 8.85. The molecular formula is C26H26N4O2. The molecule has 1 amide bonds. The molecule has 6 heteroatoms. The summed E-state index contributed by atoms with van der Waals surface area (Å²) in [5, 5.41) is 8.77. The molecular weight excluding hydrogens is 400 g/mol. The first-order valence-corrected chi connectivity index (χ1v) is 10.6. The second-order valence-corrected chi connectivity index (χ2v) is 7.84. The highest BCUT2D eigenvalue weighted by Crippen LogP contribution is 2.28. The van der Waals surface area contributed by atoms with Crippen molar-refractivity contribution in [3.05, 3.63) is 101 Å². The molecule has 4 rings (SSSR count). The number of carbonyl (C=O) groups is 1. The van der Waals surface area contributed by atoms with Crippen LogP contribution in [0.2, 0.25) is 0 Å². The monoisotopic (exact) mass is 426 g/mol. The Kier molecular flexibility index (Phi) is 6.42. The van der Waals surface area contributed by atoms with Gasteiger partial charge in [-0.25, -0.2) is 10.5 Å². The summed E-state index contributed by atoms with van der Waals surface area (Å²) in [5.74, 6) is 0.446. The summed E-state index contributed by atoms with van der Waals surface area (Å²) in [4.78, 5) is 21.0. The number of aryl methyl sites for hydroxylation is 4. The van der Waals surface area contributed by atoms with E-state index in [0.717, 1.165) is 52.1 Å². The Morgan fingerprint density at radius 2 is 1.88 bits per heavy atom. The number of pyridine rings is 1. The van der Waals surface area contributed by atoms with E-state index in [1.807, 2.05) is 37.4 Å². The van der Waals surface area contributed by atoms with E-state index in [2.05, 4.69) is 46.8 Å². The largest absolute Gasteiger partial charge is 0.322 e. The summed E-state index contributed by atoms with van der Waals surface area (Å²) >= 11 is 0. The van der Waals surface area contributed by atoms with Gasteiger partial charge in [-0.2, -0.15) is 0 Å². The molecule has 0 aliphatic heterocycles. The van der Waals surface area contributed by atoms with E-state index in [9.17, 15) is 4.79 Å². The first kappa shape index (κ1) is 21.5. The van der Waals surface area contributed by atoms with Crippen LogP contribution in [0, 0.1) is 13.8 Å². The maximum absolute atomic E-state index is 11.5. The number of hydroxylamine groups is 1. The summed E-state index contributed by atoms with van der Waals surface area (Å²) in [6.45, 7) is 4.71. The van der Waals surface area contributed by atoms with Crippen molar-refractivity contribution < 1.29 is 10.0 Å². The lowest BCUT2D eigenvalue weighted by molar-refractivity contribution is -0.124. The van der Waals surface area contributed by atoms with Crippen LogP contribution in [0.4, 0.5) is 0 Å². The molecule has 2 aromatic carbocycles. The fourth-order valence-corrected chi connectivity index (χ4v) is 4.00. The van der Waals surface area contributed by atoms with Crippen molar-refractivity contribution >= 4 is 23.0 Å². The van der Waals surface area contributed by atoms with Gasteiger partial charge in [0, 0.05) is 18.7 Å². The zero-order chi connectivity index (χ0) is 22.5. The molecule has 0 saturated carbocycles. The molecule has 0 radical (unpaired) electrons. The minimum absolute atomic E-state index is 0.564. The lowest BCUT2D eigenvalue weighted by Crippen LogP contribution is -2.14. The van der Waals surface area contributed by atoms with Gasteiger partial charge in [-0.15, -0.1) is 0 Å². The molecule has 6 nitrogen and oxygen atoms in total. The van der Waals surface area contributed by atoms with E-state index in [4.69, 9.17) is 10.2 Å². The number of carbonyl (C=O) groups excluding carboxylic acids is 1. The summed E-state index contributed by atoms with van der Waals surface area (Å²) in [6.07, 6.45) is 6.53. The zero-order valence-corrected chi connectivity index (χ0v) is 18.2. The Hall–Kier alpha value is -3.77. The van der Waals surface area contributed by atoms with Gasteiger partial charge in [0.25, 0.3) is 5.91 Å². The molecule has 32 heavy (non-hydrogen) atoms. The number of amides is 1. The second-order valence-electron chi connectivity index (χ2n) is 7.84. The summed E-state index contributed by atoms with van der Waals surface area (Å²) < 4.78 is 2.26. The molecule has 2 N–H and O–H groups in total. The van der Waals surface area contributed by atoms with Crippen LogP contribution in [-0.4, -0.2) is 25.6 Å². The molecule has 0 aliphatic rings. The van der Waals surface area contributed by atoms with Crippen LogP contribution in [0.25, 0.3) is 17.1 Å². The average Bonchev–Trinajstić information content (AvgIpc) is 3.19. The number of hydrogen-bond donors (Lipinski definition) is 2. The van der Waals surface area contributed by atoms with Crippen molar-refractivity contribution in [3.8, 4) is 0 Å². The van der Waals surface area contributed by atoms with E-state index >= 15 is 0 Å². The number of nitrogens with zero attached hydrogens (tertiary/aromatic N) is 3. The van der Waals surface area contributed by atoms with Crippen LogP contribution in [0.3, 0.4) is 0 Å². The van der Waals surface area contributed by atoms with Gasteiger partial charge in [0.05, 0.1) is 23.3 Å². The molecule has 0 saturated heterocycles. The third-order valence-corrected chi connectivity index (χ3v) is 5.63. The van der Waals surface area contributed by atoms with Crippen LogP contribution >= 0.6 is 0 Å². The molecule has 0 unspecified atom stereocenters. The minimum Gasteiger partial charge on any atom is -0.322 e. The molecule has 2 aromatic heterocycles. The van der Waals surface area contributed by atoms with E-state index in [0.29, 0.717) is 6.54 Å².